The molecule has 3 N–H and O–H groups in total. The second kappa shape index (κ2) is 5.34. The quantitative estimate of drug-likeness (QED) is 0.832. The summed E-state index contributed by atoms with van der Waals surface area (Å²) in [6.07, 6.45) is 0.972. The lowest BCUT2D eigenvalue weighted by Crippen LogP contribution is -2.33. The lowest BCUT2D eigenvalue weighted by atomic mass is 10.2. The highest BCUT2D eigenvalue weighted by molar-refractivity contribution is 7.93. The van der Waals surface area contributed by atoms with Gasteiger partial charge in [0.05, 0.1) is 21.6 Å². The van der Waals surface area contributed by atoms with Gasteiger partial charge in [-0.1, -0.05) is 17.7 Å². The maximum absolute atomic E-state index is 12.2. The third kappa shape index (κ3) is 2.88. The van der Waals surface area contributed by atoms with E-state index in [1.54, 1.807) is 18.2 Å². The van der Waals surface area contributed by atoms with Gasteiger partial charge < -0.3 is 10.5 Å². The molecule has 18 heavy (non-hydrogen) atoms. The maximum Gasteiger partial charge on any atom is 0.235 e. The van der Waals surface area contributed by atoms with Crippen molar-refractivity contribution in [2.24, 2.45) is 0 Å². The van der Waals surface area contributed by atoms with E-state index in [0.29, 0.717) is 36.8 Å². The highest BCUT2D eigenvalue weighted by atomic mass is 35.5. The van der Waals surface area contributed by atoms with E-state index in [-0.39, 0.29) is 5.69 Å². The van der Waals surface area contributed by atoms with E-state index in [0.717, 1.165) is 0 Å². The van der Waals surface area contributed by atoms with Crippen LogP contribution >= 0.6 is 11.6 Å². The van der Waals surface area contributed by atoms with Crippen molar-refractivity contribution >= 4 is 33.0 Å². The summed E-state index contributed by atoms with van der Waals surface area (Å²) in [5, 5.41) is -0.160. The summed E-state index contributed by atoms with van der Waals surface area (Å²) in [6, 6.07) is 4.87. The molecule has 0 bridgehead atoms. The average Bonchev–Trinajstić information content (AvgIpc) is 2.35. The van der Waals surface area contributed by atoms with E-state index in [2.05, 4.69) is 4.72 Å². The van der Waals surface area contributed by atoms with Gasteiger partial charge in [0.25, 0.3) is 0 Å². The first kappa shape index (κ1) is 13.5. The van der Waals surface area contributed by atoms with Gasteiger partial charge in [-0.2, -0.15) is 0 Å². The Bertz CT molecular complexity index is 507. The normalized spacial score (nSPS) is 17.6. The molecule has 0 aliphatic carbocycles. The fraction of sp³-hybridized carbons (Fsp3) is 0.455. The van der Waals surface area contributed by atoms with Crippen LogP contribution in [0.15, 0.2) is 18.2 Å². The smallest absolute Gasteiger partial charge is 0.235 e. The Morgan fingerprint density at radius 3 is 2.61 bits per heavy atom. The Balaban J connectivity index is 2.22. The van der Waals surface area contributed by atoms with Crippen molar-refractivity contribution in [2.75, 3.05) is 23.7 Å². The summed E-state index contributed by atoms with van der Waals surface area (Å²) in [4.78, 5) is 0. The molecular formula is C11H15ClN2O3S. The fourth-order valence-electron chi connectivity index (χ4n) is 1.86. The van der Waals surface area contributed by atoms with Crippen molar-refractivity contribution < 1.29 is 13.2 Å². The molecule has 0 saturated carbocycles. The van der Waals surface area contributed by atoms with Crippen molar-refractivity contribution in [2.45, 2.75) is 18.1 Å². The number of sulfonamides is 1. The highest BCUT2D eigenvalue weighted by Gasteiger charge is 2.28. The number of para-hydroxylation sites is 1. The second-order valence-corrected chi connectivity index (χ2v) is 6.53. The molecule has 5 nitrogen and oxygen atoms in total. The molecule has 0 radical (unpaired) electrons. The molecule has 1 aliphatic rings. The summed E-state index contributed by atoms with van der Waals surface area (Å²) in [7, 11) is -3.48. The largest absolute Gasteiger partial charge is 0.397 e. The Kier molecular flexibility index (Phi) is 3.99. The van der Waals surface area contributed by atoms with Crippen LogP contribution in [0.5, 0.6) is 0 Å². The van der Waals surface area contributed by atoms with Gasteiger partial charge in [-0.15, -0.1) is 0 Å². The number of nitrogens with two attached hydrogens (primary N) is 1. The van der Waals surface area contributed by atoms with Gasteiger partial charge in [0.2, 0.25) is 10.0 Å². The number of nitrogen functional groups attached to an aromatic ring is 1. The molecular weight excluding hydrogens is 276 g/mol. The first-order valence-corrected chi connectivity index (χ1v) is 7.56. The van der Waals surface area contributed by atoms with Crippen molar-refractivity contribution in [1.29, 1.82) is 0 Å². The number of hydrogen-bond donors (Lipinski definition) is 2. The van der Waals surface area contributed by atoms with Crippen LogP contribution < -0.4 is 10.5 Å². The summed E-state index contributed by atoms with van der Waals surface area (Å²) in [5.41, 5.74) is 6.29. The number of halogens is 1. The number of rotatable bonds is 3. The Morgan fingerprint density at radius 1 is 1.33 bits per heavy atom. The van der Waals surface area contributed by atoms with Crippen molar-refractivity contribution in [3.05, 3.63) is 23.2 Å². The van der Waals surface area contributed by atoms with Gasteiger partial charge in [-0.3, -0.25) is 4.72 Å². The van der Waals surface area contributed by atoms with Gasteiger partial charge in [0, 0.05) is 13.2 Å². The van der Waals surface area contributed by atoms with Crippen LogP contribution in [0.4, 0.5) is 11.4 Å². The number of anilines is 2. The summed E-state index contributed by atoms with van der Waals surface area (Å²) >= 11 is 5.94. The number of benzene rings is 1. The molecule has 0 spiro atoms. The molecule has 1 aromatic rings. The summed E-state index contributed by atoms with van der Waals surface area (Å²) in [5.74, 6) is 0. The molecule has 0 atom stereocenters. The minimum absolute atomic E-state index is 0.255. The monoisotopic (exact) mass is 290 g/mol. The zero-order chi connectivity index (χ0) is 13.2. The first-order valence-electron chi connectivity index (χ1n) is 5.64. The van der Waals surface area contributed by atoms with Crippen LogP contribution in [-0.2, 0) is 14.8 Å². The third-order valence-electron chi connectivity index (χ3n) is 2.90. The highest BCUT2D eigenvalue weighted by Crippen LogP contribution is 2.30. The molecule has 1 fully saturated rings. The van der Waals surface area contributed by atoms with Gasteiger partial charge in [-0.25, -0.2) is 8.42 Å². The van der Waals surface area contributed by atoms with Gasteiger partial charge >= 0.3 is 0 Å². The van der Waals surface area contributed by atoms with Crippen molar-refractivity contribution in [3.63, 3.8) is 0 Å². The van der Waals surface area contributed by atoms with E-state index in [1.807, 2.05) is 0 Å². The summed E-state index contributed by atoms with van der Waals surface area (Å²) in [6.45, 7) is 0.924. The minimum Gasteiger partial charge on any atom is -0.397 e. The molecule has 1 aromatic carbocycles. The molecule has 100 valence electrons. The topological polar surface area (TPSA) is 81.4 Å². The third-order valence-corrected chi connectivity index (χ3v) is 5.05. The SMILES string of the molecule is Nc1cccc(Cl)c1NS(=O)(=O)C1CCOCC1. The average molecular weight is 291 g/mol. The predicted octanol–water partition coefficient (Wildman–Crippen LogP) is 1.84. The fourth-order valence-corrected chi connectivity index (χ4v) is 3.64. The Hall–Kier alpha value is -0.980. The van der Waals surface area contributed by atoms with Gasteiger partial charge in [0.15, 0.2) is 0 Å². The van der Waals surface area contributed by atoms with Gasteiger partial charge in [0.1, 0.15) is 0 Å². The van der Waals surface area contributed by atoms with E-state index in [1.165, 1.54) is 0 Å². The summed E-state index contributed by atoms with van der Waals surface area (Å²) < 4.78 is 32.0. The molecule has 1 aliphatic heterocycles. The lowest BCUT2D eigenvalue weighted by Gasteiger charge is -2.23. The number of hydrogen-bond acceptors (Lipinski definition) is 4. The van der Waals surface area contributed by atoms with Crippen LogP contribution in [0.25, 0.3) is 0 Å². The zero-order valence-corrected chi connectivity index (χ0v) is 11.3. The van der Waals surface area contributed by atoms with Crippen molar-refractivity contribution in [1.82, 2.24) is 0 Å². The first-order chi connectivity index (χ1) is 8.50. The number of ether oxygens (including phenoxy) is 1. The predicted molar refractivity (Wildman–Crippen MR) is 72.2 cm³/mol. The Morgan fingerprint density at radius 2 is 2.00 bits per heavy atom. The van der Waals surface area contributed by atoms with Crippen LogP contribution in [0.1, 0.15) is 12.8 Å². The molecule has 0 amide bonds. The molecule has 2 rings (SSSR count). The maximum atomic E-state index is 12.2. The standard InChI is InChI=1S/C11H15ClN2O3S/c12-9-2-1-3-10(13)11(9)14-18(15,16)8-4-6-17-7-5-8/h1-3,8,14H,4-7,13H2. The molecule has 0 aromatic heterocycles. The zero-order valence-electron chi connectivity index (χ0n) is 9.73. The van der Waals surface area contributed by atoms with Crippen LogP contribution in [0.3, 0.4) is 0 Å². The number of nitrogens with one attached hydrogen (secondary N) is 1. The molecule has 1 saturated heterocycles. The molecule has 1 heterocycles. The van der Waals surface area contributed by atoms with E-state index >= 15 is 0 Å². The van der Waals surface area contributed by atoms with Crippen LogP contribution in [-0.4, -0.2) is 26.9 Å². The van der Waals surface area contributed by atoms with Crippen LogP contribution in [0.2, 0.25) is 5.02 Å². The van der Waals surface area contributed by atoms with E-state index in [4.69, 9.17) is 22.1 Å². The van der Waals surface area contributed by atoms with Gasteiger partial charge in [-0.05, 0) is 25.0 Å². The molecule has 7 heteroatoms. The van der Waals surface area contributed by atoms with Crippen molar-refractivity contribution in [3.8, 4) is 0 Å². The van der Waals surface area contributed by atoms with E-state index < -0.39 is 15.3 Å². The molecule has 0 unspecified atom stereocenters. The van der Waals surface area contributed by atoms with Crippen LogP contribution in [0, 0.1) is 0 Å². The second-order valence-electron chi connectivity index (χ2n) is 4.16. The van der Waals surface area contributed by atoms with E-state index in [9.17, 15) is 8.42 Å². The lowest BCUT2D eigenvalue weighted by molar-refractivity contribution is 0.0984. The minimum atomic E-state index is -3.48. The Labute approximate surface area is 111 Å².